The monoisotopic (exact) mass is 292 g/mol. The molecule has 0 aromatic heterocycles. The van der Waals surface area contributed by atoms with E-state index in [0.717, 1.165) is 12.0 Å². The number of benzene rings is 1. The smallest absolute Gasteiger partial charge is 0.410 e. The standard InChI is InChI=1S/C16H24N2O3/c1-16(2,3)21-15(20)18-8-7-12(17)10-14(18)11-5-4-6-13(19)9-11/h4-6,9,12,14,19H,7-8,10,17H2,1-3H3. The zero-order valence-corrected chi connectivity index (χ0v) is 12.9. The Balaban J connectivity index is 2.23. The second-order valence-electron chi connectivity index (χ2n) is 6.57. The predicted molar refractivity (Wildman–Crippen MR) is 81.0 cm³/mol. The number of nitrogens with two attached hydrogens (primary N) is 1. The van der Waals surface area contributed by atoms with Crippen LogP contribution in [0.1, 0.15) is 45.2 Å². The first-order valence-electron chi connectivity index (χ1n) is 7.30. The number of aromatic hydroxyl groups is 1. The number of phenolic OH excluding ortho intramolecular Hbond substituents is 1. The summed E-state index contributed by atoms with van der Waals surface area (Å²) >= 11 is 0. The Kier molecular flexibility index (Phi) is 4.42. The minimum atomic E-state index is -0.528. The van der Waals surface area contributed by atoms with Crippen LogP contribution in [-0.2, 0) is 4.74 Å². The van der Waals surface area contributed by atoms with Gasteiger partial charge < -0.3 is 20.5 Å². The van der Waals surface area contributed by atoms with Crippen LogP contribution < -0.4 is 5.73 Å². The summed E-state index contributed by atoms with van der Waals surface area (Å²) < 4.78 is 5.48. The van der Waals surface area contributed by atoms with E-state index < -0.39 is 5.60 Å². The molecule has 5 nitrogen and oxygen atoms in total. The average molecular weight is 292 g/mol. The van der Waals surface area contributed by atoms with Crippen LogP contribution in [0.15, 0.2) is 24.3 Å². The summed E-state index contributed by atoms with van der Waals surface area (Å²) in [6.07, 6.45) is 1.10. The molecule has 1 aliphatic rings. The van der Waals surface area contributed by atoms with E-state index >= 15 is 0 Å². The maximum atomic E-state index is 12.4. The van der Waals surface area contributed by atoms with Crippen molar-refractivity contribution in [1.29, 1.82) is 0 Å². The summed E-state index contributed by atoms with van der Waals surface area (Å²) in [7, 11) is 0. The molecule has 3 N–H and O–H groups in total. The minimum absolute atomic E-state index is 0.0519. The molecule has 1 heterocycles. The fraction of sp³-hybridized carbons (Fsp3) is 0.562. The first-order valence-corrected chi connectivity index (χ1v) is 7.30. The third-order valence-corrected chi connectivity index (χ3v) is 3.53. The molecular formula is C16H24N2O3. The third-order valence-electron chi connectivity index (χ3n) is 3.53. The van der Waals surface area contributed by atoms with E-state index in [4.69, 9.17) is 10.5 Å². The SMILES string of the molecule is CC(C)(C)OC(=O)N1CCC(N)CC1c1cccc(O)c1. The van der Waals surface area contributed by atoms with Crippen molar-refractivity contribution in [2.45, 2.75) is 51.3 Å². The number of rotatable bonds is 1. The summed E-state index contributed by atoms with van der Waals surface area (Å²) in [6.45, 7) is 6.12. The molecule has 1 fully saturated rings. The van der Waals surface area contributed by atoms with Gasteiger partial charge >= 0.3 is 6.09 Å². The Bertz CT molecular complexity index is 510. The van der Waals surface area contributed by atoms with Crippen LogP contribution in [0.5, 0.6) is 5.75 Å². The Hall–Kier alpha value is -1.75. The molecule has 2 rings (SSSR count). The van der Waals surface area contributed by atoms with Gasteiger partial charge in [-0.2, -0.15) is 0 Å². The molecule has 5 heteroatoms. The van der Waals surface area contributed by atoms with Gasteiger partial charge in [-0.05, 0) is 51.3 Å². The number of hydrogen-bond donors (Lipinski definition) is 2. The average Bonchev–Trinajstić information content (AvgIpc) is 2.36. The second kappa shape index (κ2) is 5.93. The number of ether oxygens (including phenoxy) is 1. The first kappa shape index (κ1) is 15.6. The number of hydrogen-bond acceptors (Lipinski definition) is 4. The van der Waals surface area contributed by atoms with Gasteiger partial charge in [-0.15, -0.1) is 0 Å². The highest BCUT2D eigenvalue weighted by atomic mass is 16.6. The van der Waals surface area contributed by atoms with Gasteiger partial charge in [0.2, 0.25) is 0 Å². The van der Waals surface area contributed by atoms with Crippen LogP contribution in [0.2, 0.25) is 0 Å². The molecule has 1 saturated heterocycles. The highest BCUT2D eigenvalue weighted by Gasteiger charge is 2.34. The lowest BCUT2D eigenvalue weighted by Crippen LogP contribution is -2.46. The lowest BCUT2D eigenvalue weighted by atomic mass is 9.92. The van der Waals surface area contributed by atoms with Crippen molar-refractivity contribution < 1.29 is 14.6 Å². The van der Waals surface area contributed by atoms with Gasteiger partial charge in [0, 0.05) is 12.6 Å². The summed E-state index contributed by atoms with van der Waals surface area (Å²) in [5.74, 6) is 0.191. The van der Waals surface area contributed by atoms with Crippen LogP contribution in [0.3, 0.4) is 0 Å². The molecule has 116 valence electrons. The number of carbonyl (C=O) groups excluding carboxylic acids is 1. The normalized spacial score (nSPS) is 23.0. The van der Waals surface area contributed by atoms with E-state index in [1.54, 1.807) is 23.1 Å². The summed E-state index contributed by atoms with van der Waals surface area (Å²) in [4.78, 5) is 14.1. The molecule has 2 unspecified atom stereocenters. The van der Waals surface area contributed by atoms with E-state index in [9.17, 15) is 9.90 Å². The van der Waals surface area contributed by atoms with E-state index in [1.165, 1.54) is 0 Å². The highest BCUT2D eigenvalue weighted by molar-refractivity contribution is 5.69. The van der Waals surface area contributed by atoms with Crippen LogP contribution in [0.25, 0.3) is 0 Å². The van der Waals surface area contributed by atoms with E-state index in [1.807, 2.05) is 26.8 Å². The van der Waals surface area contributed by atoms with Gasteiger partial charge in [0.05, 0.1) is 6.04 Å². The Morgan fingerprint density at radius 1 is 1.43 bits per heavy atom. The molecule has 1 aliphatic heterocycles. The topological polar surface area (TPSA) is 75.8 Å². The molecule has 0 saturated carbocycles. The van der Waals surface area contributed by atoms with Crippen molar-refractivity contribution >= 4 is 6.09 Å². The number of phenols is 1. The predicted octanol–water partition coefficient (Wildman–Crippen LogP) is 2.79. The van der Waals surface area contributed by atoms with Crippen molar-refractivity contribution in [2.75, 3.05) is 6.54 Å². The molecule has 0 radical (unpaired) electrons. The van der Waals surface area contributed by atoms with Gasteiger partial charge in [-0.1, -0.05) is 12.1 Å². The van der Waals surface area contributed by atoms with Crippen LogP contribution in [0.4, 0.5) is 4.79 Å². The highest BCUT2D eigenvalue weighted by Crippen LogP contribution is 2.33. The van der Waals surface area contributed by atoms with Crippen LogP contribution >= 0.6 is 0 Å². The molecule has 21 heavy (non-hydrogen) atoms. The lowest BCUT2D eigenvalue weighted by molar-refractivity contribution is 0.00794. The largest absolute Gasteiger partial charge is 0.508 e. The number of amides is 1. The fourth-order valence-electron chi connectivity index (χ4n) is 2.58. The number of nitrogens with zero attached hydrogens (tertiary/aromatic N) is 1. The zero-order chi connectivity index (χ0) is 15.6. The third kappa shape index (κ3) is 4.11. The second-order valence-corrected chi connectivity index (χ2v) is 6.57. The quantitative estimate of drug-likeness (QED) is 0.834. The van der Waals surface area contributed by atoms with Crippen molar-refractivity contribution in [3.63, 3.8) is 0 Å². The molecule has 0 bridgehead atoms. The summed E-state index contributed by atoms with van der Waals surface area (Å²) in [6, 6.07) is 6.87. The van der Waals surface area contributed by atoms with Gasteiger partial charge in [0.1, 0.15) is 11.4 Å². The van der Waals surface area contributed by atoms with Gasteiger partial charge in [-0.25, -0.2) is 4.79 Å². The fourth-order valence-corrected chi connectivity index (χ4v) is 2.58. The Morgan fingerprint density at radius 3 is 2.76 bits per heavy atom. The number of likely N-dealkylation sites (tertiary alicyclic amines) is 1. The zero-order valence-electron chi connectivity index (χ0n) is 12.9. The number of carbonyl (C=O) groups is 1. The summed E-state index contributed by atoms with van der Waals surface area (Å²) in [5, 5.41) is 9.65. The van der Waals surface area contributed by atoms with Crippen LogP contribution in [0, 0.1) is 0 Å². The molecular weight excluding hydrogens is 268 g/mol. The number of piperidine rings is 1. The van der Waals surface area contributed by atoms with Crippen molar-refractivity contribution in [2.24, 2.45) is 5.73 Å². The summed E-state index contributed by atoms with van der Waals surface area (Å²) in [5.41, 5.74) is 6.41. The van der Waals surface area contributed by atoms with Gasteiger partial charge in [0.25, 0.3) is 0 Å². The molecule has 1 aromatic rings. The van der Waals surface area contributed by atoms with Gasteiger partial charge in [0.15, 0.2) is 0 Å². The molecule has 1 aromatic carbocycles. The maximum absolute atomic E-state index is 12.4. The van der Waals surface area contributed by atoms with E-state index in [0.29, 0.717) is 13.0 Å². The van der Waals surface area contributed by atoms with Crippen LogP contribution in [-0.4, -0.2) is 34.3 Å². The van der Waals surface area contributed by atoms with Crippen molar-refractivity contribution in [1.82, 2.24) is 4.90 Å². The van der Waals surface area contributed by atoms with Crippen molar-refractivity contribution in [3.05, 3.63) is 29.8 Å². The molecule has 2 atom stereocenters. The van der Waals surface area contributed by atoms with E-state index in [2.05, 4.69) is 0 Å². The molecule has 1 amide bonds. The molecule has 0 aliphatic carbocycles. The lowest BCUT2D eigenvalue weighted by Gasteiger charge is -2.39. The Morgan fingerprint density at radius 2 is 2.14 bits per heavy atom. The molecule has 0 spiro atoms. The minimum Gasteiger partial charge on any atom is -0.508 e. The first-order chi connectivity index (χ1) is 9.76. The maximum Gasteiger partial charge on any atom is 0.410 e. The Labute approximate surface area is 125 Å². The van der Waals surface area contributed by atoms with Crippen molar-refractivity contribution in [3.8, 4) is 5.75 Å². The van der Waals surface area contributed by atoms with E-state index in [-0.39, 0.29) is 23.9 Å². The van der Waals surface area contributed by atoms with Gasteiger partial charge in [-0.3, -0.25) is 0 Å².